The summed E-state index contributed by atoms with van der Waals surface area (Å²) in [5.74, 6) is 1.24. The first-order chi connectivity index (χ1) is 10.3. The lowest BCUT2D eigenvalue weighted by atomic mass is 9.91. The maximum Gasteiger partial charge on any atom is 0.136 e. The summed E-state index contributed by atoms with van der Waals surface area (Å²) in [6, 6.07) is 0. The molecule has 0 aliphatic heterocycles. The van der Waals surface area contributed by atoms with Gasteiger partial charge in [-0.15, -0.1) is 0 Å². The van der Waals surface area contributed by atoms with Gasteiger partial charge in [0.2, 0.25) is 0 Å². The lowest BCUT2D eigenvalue weighted by Gasteiger charge is -2.12. The second-order valence-corrected chi connectivity index (χ2v) is 6.40. The summed E-state index contributed by atoms with van der Waals surface area (Å²) in [5.41, 5.74) is 0. The van der Waals surface area contributed by atoms with Gasteiger partial charge in [-0.2, -0.15) is 0 Å². The van der Waals surface area contributed by atoms with Crippen molar-refractivity contribution in [3.63, 3.8) is 0 Å². The highest BCUT2D eigenvalue weighted by Gasteiger charge is 2.31. The highest BCUT2D eigenvalue weighted by molar-refractivity contribution is 5.83. The summed E-state index contributed by atoms with van der Waals surface area (Å²) in [7, 11) is 0. The minimum absolute atomic E-state index is 0.259. The smallest absolute Gasteiger partial charge is 0.136 e. The van der Waals surface area contributed by atoms with E-state index in [4.69, 9.17) is 0 Å². The van der Waals surface area contributed by atoms with Crippen molar-refractivity contribution in [1.29, 1.82) is 0 Å². The molecule has 1 heteroatoms. The predicted octanol–water partition coefficient (Wildman–Crippen LogP) is 6.24. The molecule has 0 saturated heterocycles. The van der Waals surface area contributed by atoms with Gasteiger partial charge in [-0.25, -0.2) is 0 Å². The topological polar surface area (TPSA) is 17.1 Å². The number of Topliss-reactive ketones (excluding diaryl/α,β-unsaturated/α-hetero) is 1. The van der Waals surface area contributed by atoms with Crippen molar-refractivity contribution in [2.45, 2.75) is 84.5 Å². The van der Waals surface area contributed by atoms with Crippen LogP contribution in [0.2, 0.25) is 0 Å². The van der Waals surface area contributed by atoms with E-state index in [2.05, 4.69) is 38.2 Å². The van der Waals surface area contributed by atoms with E-state index in [-0.39, 0.29) is 5.92 Å². The first kappa shape index (κ1) is 18.2. The van der Waals surface area contributed by atoms with E-state index >= 15 is 0 Å². The van der Waals surface area contributed by atoms with Crippen LogP contribution in [0.25, 0.3) is 0 Å². The number of ketones is 1. The molecular formula is C20H34O. The molecule has 1 aliphatic rings. The van der Waals surface area contributed by atoms with Crippen LogP contribution in [0.3, 0.4) is 0 Å². The highest BCUT2D eigenvalue weighted by atomic mass is 16.1. The molecule has 0 aromatic carbocycles. The molecule has 0 aromatic rings. The van der Waals surface area contributed by atoms with Crippen molar-refractivity contribution in [2.24, 2.45) is 11.8 Å². The van der Waals surface area contributed by atoms with Crippen LogP contribution in [-0.2, 0) is 4.79 Å². The lowest BCUT2D eigenvalue weighted by molar-refractivity contribution is -0.120. The zero-order chi connectivity index (χ0) is 15.3. The molecular weight excluding hydrogens is 256 g/mol. The average molecular weight is 290 g/mol. The number of allylic oxidation sites excluding steroid dienone is 4. The molecule has 120 valence electrons. The van der Waals surface area contributed by atoms with E-state index in [0.29, 0.717) is 11.7 Å². The Hall–Kier alpha value is -0.850. The molecule has 21 heavy (non-hydrogen) atoms. The number of hydrogen-bond acceptors (Lipinski definition) is 1. The van der Waals surface area contributed by atoms with Crippen LogP contribution >= 0.6 is 0 Å². The van der Waals surface area contributed by atoms with Crippen LogP contribution in [0.15, 0.2) is 24.3 Å². The second kappa shape index (κ2) is 11.8. The van der Waals surface area contributed by atoms with Gasteiger partial charge in [-0.1, -0.05) is 70.3 Å². The van der Waals surface area contributed by atoms with Crippen molar-refractivity contribution >= 4 is 5.78 Å². The third-order valence-corrected chi connectivity index (χ3v) is 4.54. The lowest BCUT2D eigenvalue weighted by Crippen LogP contribution is -2.12. The van der Waals surface area contributed by atoms with Gasteiger partial charge in [0, 0.05) is 12.3 Å². The van der Waals surface area contributed by atoms with Crippen LogP contribution in [0.5, 0.6) is 0 Å². The molecule has 0 amide bonds. The molecule has 1 saturated carbocycles. The van der Waals surface area contributed by atoms with Gasteiger partial charge in [0.25, 0.3) is 0 Å². The Morgan fingerprint density at radius 2 is 1.71 bits per heavy atom. The zero-order valence-electron chi connectivity index (χ0n) is 14.2. The van der Waals surface area contributed by atoms with Crippen molar-refractivity contribution in [3.05, 3.63) is 24.3 Å². The van der Waals surface area contributed by atoms with E-state index in [1.807, 2.05) is 0 Å². The van der Waals surface area contributed by atoms with Gasteiger partial charge in [-0.3, -0.25) is 4.79 Å². The molecule has 0 bridgehead atoms. The summed E-state index contributed by atoms with van der Waals surface area (Å²) in [4.78, 5) is 12.0. The van der Waals surface area contributed by atoms with Gasteiger partial charge < -0.3 is 0 Å². The standard InChI is InChI=1S/C20H34O/c1-3-5-7-9-11-12-14-18-16-17-20(21)19(18)15-13-10-8-6-4-2/h10,12-14,18-19H,3-9,11,15-17H2,1-2H3/b13-10-,14-12+/t18?,19-/m1/s1. The maximum absolute atomic E-state index is 12.0. The number of rotatable bonds is 11. The number of carbonyl (C=O) groups is 1. The van der Waals surface area contributed by atoms with Crippen molar-refractivity contribution in [3.8, 4) is 0 Å². The third kappa shape index (κ3) is 7.64. The van der Waals surface area contributed by atoms with Crippen LogP contribution in [0.4, 0.5) is 0 Å². The maximum atomic E-state index is 12.0. The Labute approximate surface area is 131 Å². The molecule has 0 N–H and O–H groups in total. The fourth-order valence-corrected chi connectivity index (χ4v) is 3.11. The molecule has 0 spiro atoms. The van der Waals surface area contributed by atoms with Crippen LogP contribution in [0, 0.1) is 11.8 Å². The zero-order valence-corrected chi connectivity index (χ0v) is 14.2. The fraction of sp³-hybridized carbons (Fsp3) is 0.750. The normalized spacial score (nSPS) is 22.9. The summed E-state index contributed by atoms with van der Waals surface area (Å²) in [5, 5.41) is 0. The molecule has 1 fully saturated rings. The average Bonchev–Trinajstić information content (AvgIpc) is 2.83. The monoisotopic (exact) mass is 290 g/mol. The quantitative estimate of drug-likeness (QED) is 0.325. The Kier molecular flexibility index (Phi) is 10.2. The van der Waals surface area contributed by atoms with Crippen LogP contribution < -0.4 is 0 Å². The number of unbranched alkanes of at least 4 members (excludes halogenated alkanes) is 6. The molecule has 1 nitrogen and oxygen atoms in total. The molecule has 0 radical (unpaired) electrons. The van der Waals surface area contributed by atoms with Crippen molar-refractivity contribution in [1.82, 2.24) is 0 Å². The molecule has 1 unspecified atom stereocenters. The van der Waals surface area contributed by atoms with Gasteiger partial charge >= 0.3 is 0 Å². The Bertz CT molecular complexity index is 327. The van der Waals surface area contributed by atoms with Gasteiger partial charge in [0.05, 0.1) is 0 Å². The van der Waals surface area contributed by atoms with Crippen LogP contribution in [0.1, 0.15) is 84.5 Å². The van der Waals surface area contributed by atoms with E-state index in [0.717, 1.165) is 25.7 Å². The Morgan fingerprint density at radius 3 is 2.48 bits per heavy atom. The highest BCUT2D eigenvalue weighted by Crippen LogP contribution is 2.32. The first-order valence-corrected chi connectivity index (χ1v) is 9.14. The van der Waals surface area contributed by atoms with E-state index in [9.17, 15) is 4.79 Å². The Morgan fingerprint density at radius 1 is 0.952 bits per heavy atom. The summed E-state index contributed by atoms with van der Waals surface area (Å²) >= 11 is 0. The van der Waals surface area contributed by atoms with Crippen molar-refractivity contribution < 1.29 is 4.79 Å². The molecule has 2 atom stereocenters. The second-order valence-electron chi connectivity index (χ2n) is 6.40. The number of hydrogen-bond donors (Lipinski definition) is 0. The molecule has 0 aromatic heterocycles. The largest absolute Gasteiger partial charge is 0.299 e. The first-order valence-electron chi connectivity index (χ1n) is 9.14. The predicted molar refractivity (Wildman–Crippen MR) is 92.4 cm³/mol. The minimum atomic E-state index is 0.259. The van der Waals surface area contributed by atoms with Gasteiger partial charge in [-0.05, 0) is 38.0 Å². The van der Waals surface area contributed by atoms with Crippen molar-refractivity contribution in [2.75, 3.05) is 0 Å². The SMILES string of the molecule is CCCC/C=C\C[C@H]1C(=O)CCC1/C=C/CCCCCC. The fourth-order valence-electron chi connectivity index (χ4n) is 3.11. The summed E-state index contributed by atoms with van der Waals surface area (Å²) < 4.78 is 0. The van der Waals surface area contributed by atoms with E-state index < -0.39 is 0 Å². The van der Waals surface area contributed by atoms with Crippen LogP contribution in [-0.4, -0.2) is 5.78 Å². The Balaban J connectivity index is 2.29. The minimum Gasteiger partial charge on any atom is -0.299 e. The molecule has 1 aliphatic carbocycles. The molecule has 1 rings (SSSR count). The van der Waals surface area contributed by atoms with E-state index in [1.165, 1.54) is 44.9 Å². The summed E-state index contributed by atoms with van der Waals surface area (Å²) in [6.07, 6.45) is 22.1. The summed E-state index contributed by atoms with van der Waals surface area (Å²) in [6.45, 7) is 4.47. The van der Waals surface area contributed by atoms with Gasteiger partial charge in [0.15, 0.2) is 0 Å². The number of carbonyl (C=O) groups excluding carboxylic acids is 1. The molecule has 0 heterocycles. The van der Waals surface area contributed by atoms with Gasteiger partial charge in [0.1, 0.15) is 5.78 Å². The van der Waals surface area contributed by atoms with E-state index in [1.54, 1.807) is 0 Å². The third-order valence-electron chi connectivity index (χ3n) is 4.54.